The lowest BCUT2D eigenvalue weighted by atomic mass is 10.0. The highest BCUT2D eigenvalue weighted by Gasteiger charge is 2.18. The molecule has 2 atom stereocenters. The average molecular weight is 241 g/mol. The first-order chi connectivity index (χ1) is 7.69. The number of halogens is 1. The molecule has 1 rings (SSSR count). The molecule has 3 heteroatoms. The SMILES string of the molecule is CCCSC(c1ccc(F)cc1)C(N)CC. The number of hydrogen-bond acceptors (Lipinski definition) is 2. The van der Waals surface area contributed by atoms with Gasteiger partial charge in [-0.2, -0.15) is 11.8 Å². The second-order valence-corrected chi connectivity index (χ2v) is 5.16. The van der Waals surface area contributed by atoms with E-state index in [1.54, 1.807) is 0 Å². The Morgan fingerprint density at radius 2 is 1.88 bits per heavy atom. The van der Waals surface area contributed by atoms with Gasteiger partial charge >= 0.3 is 0 Å². The van der Waals surface area contributed by atoms with Crippen molar-refractivity contribution in [3.8, 4) is 0 Å². The molecule has 90 valence electrons. The van der Waals surface area contributed by atoms with Gasteiger partial charge in [0.15, 0.2) is 0 Å². The molecule has 2 unspecified atom stereocenters. The minimum Gasteiger partial charge on any atom is -0.326 e. The van der Waals surface area contributed by atoms with Crippen LogP contribution in [0.25, 0.3) is 0 Å². The summed E-state index contributed by atoms with van der Waals surface area (Å²) >= 11 is 1.87. The number of benzene rings is 1. The van der Waals surface area contributed by atoms with Gasteiger partial charge in [0.25, 0.3) is 0 Å². The lowest BCUT2D eigenvalue weighted by molar-refractivity contribution is 0.617. The van der Waals surface area contributed by atoms with E-state index < -0.39 is 0 Å². The number of thioether (sulfide) groups is 1. The van der Waals surface area contributed by atoms with Crippen molar-refractivity contribution >= 4 is 11.8 Å². The number of rotatable bonds is 6. The first-order valence-corrected chi connectivity index (χ1v) is 6.86. The predicted molar refractivity (Wildman–Crippen MR) is 70.2 cm³/mol. The van der Waals surface area contributed by atoms with E-state index in [2.05, 4.69) is 13.8 Å². The topological polar surface area (TPSA) is 26.0 Å². The van der Waals surface area contributed by atoms with Gasteiger partial charge < -0.3 is 5.73 Å². The van der Waals surface area contributed by atoms with Gasteiger partial charge in [0.2, 0.25) is 0 Å². The van der Waals surface area contributed by atoms with Crippen LogP contribution in [0.3, 0.4) is 0 Å². The van der Waals surface area contributed by atoms with E-state index in [0.717, 1.165) is 24.2 Å². The molecule has 0 heterocycles. The average Bonchev–Trinajstić information content (AvgIpc) is 2.31. The van der Waals surface area contributed by atoms with Crippen LogP contribution in [0.15, 0.2) is 24.3 Å². The van der Waals surface area contributed by atoms with E-state index in [4.69, 9.17) is 5.73 Å². The van der Waals surface area contributed by atoms with Crippen molar-refractivity contribution in [3.63, 3.8) is 0 Å². The van der Waals surface area contributed by atoms with Crippen LogP contribution in [-0.2, 0) is 0 Å². The molecular formula is C13H20FNS. The molecule has 0 fully saturated rings. The lowest BCUT2D eigenvalue weighted by Crippen LogP contribution is -2.25. The maximum atomic E-state index is 12.8. The van der Waals surface area contributed by atoms with Crippen molar-refractivity contribution in [2.45, 2.75) is 38.0 Å². The summed E-state index contributed by atoms with van der Waals surface area (Å²) < 4.78 is 12.8. The number of hydrogen-bond donors (Lipinski definition) is 1. The molecule has 0 spiro atoms. The predicted octanol–water partition coefficient (Wildman–Crippen LogP) is 3.75. The Balaban J connectivity index is 2.78. The molecule has 1 nitrogen and oxygen atoms in total. The largest absolute Gasteiger partial charge is 0.326 e. The minimum absolute atomic E-state index is 0.141. The van der Waals surface area contributed by atoms with Crippen LogP contribution < -0.4 is 5.73 Å². The molecule has 0 aliphatic carbocycles. The second-order valence-electron chi connectivity index (χ2n) is 3.92. The Hall–Kier alpha value is -0.540. The van der Waals surface area contributed by atoms with Gasteiger partial charge in [0, 0.05) is 11.3 Å². The molecule has 0 amide bonds. The summed E-state index contributed by atoms with van der Waals surface area (Å²) in [4.78, 5) is 0. The van der Waals surface area contributed by atoms with Crippen LogP contribution in [0, 0.1) is 5.82 Å². The summed E-state index contributed by atoms with van der Waals surface area (Å²) in [7, 11) is 0. The number of nitrogens with two attached hydrogens (primary N) is 1. The standard InChI is InChI=1S/C13H20FNS/c1-3-9-16-13(12(15)4-2)10-5-7-11(14)8-6-10/h5-8,12-13H,3-4,9,15H2,1-2H3. The van der Waals surface area contributed by atoms with Gasteiger partial charge in [-0.25, -0.2) is 4.39 Å². The van der Waals surface area contributed by atoms with E-state index in [1.165, 1.54) is 12.1 Å². The first-order valence-electron chi connectivity index (χ1n) is 5.81. The fraction of sp³-hybridized carbons (Fsp3) is 0.538. The smallest absolute Gasteiger partial charge is 0.123 e. The molecular weight excluding hydrogens is 221 g/mol. The first kappa shape index (κ1) is 13.5. The van der Waals surface area contributed by atoms with Crippen molar-refractivity contribution in [2.75, 3.05) is 5.75 Å². The molecule has 1 aromatic rings. The third-order valence-electron chi connectivity index (χ3n) is 2.56. The van der Waals surface area contributed by atoms with Crippen molar-refractivity contribution in [2.24, 2.45) is 5.73 Å². The summed E-state index contributed by atoms with van der Waals surface area (Å²) in [5.74, 6) is 0.906. The molecule has 0 radical (unpaired) electrons. The van der Waals surface area contributed by atoms with Gasteiger partial charge in [-0.3, -0.25) is 0 Å². The van der Waals surface area contributed by atoms with Crippen LogP contribution in [0.4, 0.5) is 4.39 Å². The molecule has 0 bridgehead atoms. The monoisotopic (exact) mass is 241 g/mol. The van der Waals surface area contributed by atoms with Gasteiger partial charge in [-0.1, -0.05) is 26.0 Å². The molecule has 0 saturated carbocycles. The van der Waals surface area contributed by atoms with E-state index >= 15 is 0 Å². The van der Waals surface area contributed by atoms with Crippen molar-refractivity contribution in [3.05, 3.63) is 35.6 Å². The van der Waals surface area contributed by atoms with Gasteiger partial charge in [0.1, 0.15) is 5.82 Å². The maximum absolute atomic E-state index is 12.8. The summed E-state index contributed by atoms with van der Waals surface area (Å²) in [5, 5.41) is 0.283. The highest BCUT2D eigenvalue weighted by molar-refractivity contribution is 7.99. The molecule has 0 saturated heterocycles. The van der Waals surface area contributed by atoms with E-state index in [9.17, 15) is 4.39 Å². The van der Waals surface area contributed by atoms with E-state index in [0.29, 0.717) is 0 Å². The summed E-state index contributed by atoms with van der Waals surface area (Å²) in [6, 6.07) is 6.85. The molecule has 1 aromatic carbocycles. The normalized spacial score (nSPS) is 14.8. The molecule has 0 aliphatic heterocycles. The fourth-order valence-electron chi connectivity index (χ4n) is 1.58. The Morgan fingerprint density at radius 3 is 2.38 bits per heavy atom. The quantitative estimate of drug-likeness (QED) is 0.821. The highest BCUT2D eigenvalue weighted by atomic mass is 32.2. The van der Waals surface area contributed by atoms with Gasteiger partial charge in [-0.05, 0) is 36.3 Å². The molecule has 2 N–H and O–H groups in total. The van der Waals surface area contributed by atoms with Gasteiger partial charge in [0.05, 0.1) is 0 Å². The summed E-state index contributed by atoms with van der Waals surface area (Å²) in [5.41, 5.74) is 7.25. The zero-order valence-corrected chi connectivity index (χ0v) is 10.8. The van der Waals surface area contributed by atoms with Crippen LogP contribution >= 0.6 is 11.8 Å². The van der Waals surface area contributed by atoms with Crippen LogP contribution in [0.5, 0.6) is 0 Å². The zero-order chi connectivity index (χ0) is 12.0. The fourth-order valence-corrected chi connectivity index (χ4v) is 2.86. The zero-order valence-electron chi connectivity index (χ0n) is 9.95. The van der Waals surface area contributed by atoms with Crippen molar-refractivity contribution < 1.29 is 4.39 Å². The van der Waals surface area contributed by atoms with Crippen molar-refractivity contribution in [1.82, 2.24) is 0 Å². The minimum atomic E-state index is -0.187. The molecule has 0 aromatic heterocycles. The lowest BCUT2D eigenvalue weighted by Gasteiger charge is -2.22. The Bertz CT molecular complexity index is 299. The molecule has 16 heavy (non-hydrogen) atoms. The highest BCUT2D eigenvalue weighted by Crippen LogP contribution is 2.32. The third kappa shape index (κ3) is 3.80. The van der Waals surface area contributed by atoms with Crippen LogP contribution in [-0.4, -0.2) is 11.8 Å². The second kappa shape index (κ2) is 6.92. The van der Waals surface area contributed by atoms with Crippen LogP contribution in [0.1, 0.15) is 37.5 Å². The van der Waals surface area contributed by atoms with E-state index in [-0.39, 0.29) is 17.1 Å². The Kier molecular flexibility index (Phi) is 5.85. The summed E-state index contributed by atoms with van der Waals surface area (Å²) in [6.07, 6.45) is 2.08. The third-order valence-corrected chi connectivity index (χ3v) is 4.19. The van der Waals surface area contributed by atoms with E-state index in [1.807, 2.05) is 23.9 Å². The van der Waals surface area contributed by atoms with Gasteiger partial charge in [-0.15, -0.1) is 0 Å². The Labute approximate surface area is 102 Å². The van der Waals surface area contributed by atoms with Crippen LogP contribution in [0.2, 0.25) is 0 Å². The van der Waals surface area contributed by atoms with Crippen molar-refractivity contribution in [1.29, 1.82) is 0 Å². The Morgan fingerprint density at radius 1 is 1.25 bits per heavy atom. The summed E-state index contributed by atoms with van der Waals surface area (Å²) in [6.45, 7) is 4.25. The molecule has 0 aliphatic rings. The maximum Gasteiger partial charge on any atom is 0.123 e.